The average Bonchev–Trinajstić information content (AvgIpc) is 3.39. The third kappa shape index (κ3) is 6.66. The lowest BCUT2D eigenvalue weighted by Crippen LogP contribution is -2.30. The Kier molecular flexibility index (Phi) is 7.97. The molecule has 198 valence electrons. The van der Waals surface area contributed by atoms with Crippen molar-refractivity contribution in [1.82, 2.24) is 14.7 Å². The lowest BCUT2D eigenvalue weighted by molar-refractivity contribution is 0.159. The second-order valence-corrected chi connectivity index (χ2v) is 12.3. The molecule has 0 aliphatic heterocycles. The van der Waals surface area contributed by atoms with Gasteiger partial charge in [0.05, 0.1) is 26.8 Å². The molecule has 2 aromatic carbocycles. The number of benzene rings is 2. The van der Waals surface area contributed by atoms with Gasteiger partial charge in [0.25, 0.3) is 0 Å². The van der Waals surface area contributed by atoms with E-state index in [9.17, 15) is 17.4 Å². The van der Waals surface area contributed by atoms with E-state index in [1.54, 1.807) is 49.5 Å². The molecule has 5 N–H and O–H groups in total. The van der Waals surface area contributed by atoms with Crippen LogP contribution in [0, 0.1) is 0 Å². The van der Waals surface area contributed by atoms with Gasteiger partial charge in [-0.1, -0.05) is 6.07 Å². The van der Waals surface area contributed by atoms with E-state index in [-0.39, 0.29) is 17.5 Å². The molecular weight excluding hydrogens is 549 g/mol. The van der Waals surface area contributed by atoms with Crippen LogP contribution in [0.1, 0.15) is 6.92 Å². The predicted molar refractivity (Wildman–Crippen MR) is 150 cm³/mol. The smallest absolute Gasteiger partial charge is 0.418 e. The van der Waals surface area contributed by atoms with Crippen LogP contribution in [0.4, 0.5) is 27.9 Å². The van der Waals surface area contributed by atoms with Gasteiger partial charge in [-0.05, 0) is 72.8 Å². The average molecular weight is 573 g/mol. The van der Waals surface area contributed by atoms with Gasteiger partial charge in [-0.3, -0.25) is 0 Å². The van der Waals surface area contributed by atoms with Gasteiger partial charge >= 0.3 is 6.09 Å². The molecule has 1 unspecified atom stereocenters. The van der Waals surface area contributed by atoms with E-state index in [2.05, 4.69) is 31.2 Å². The van der Waals surface area contributed by atoms with Gasteiger partial charge in [0, 0.05) is 27.3 Å². The number of hydrogen-bond donors (Lipinski definition) is 4. The SMILES string of the molecule is C=S(=O)(NC(=O)OCC)c1ccc(Nc2ncc(-c3cccs3)c(Nc3ccc(S(N)(=O)=O)cc3)n2)cc1. The fourth-order valence-electron chi connectivity index (χ4n) is 3.26. The summed E-state index contributed by atoms with van der Waals surface area (Å²) in [5.41, 5.74) is 1.95. The number of nitrogens with two attached hydrogens (primary N) is 1. The van der Waals surface area contributed by atoms with E-state index in [0.717, 1.165) is 10.4 Å². The zero-order chi connectivity index (χ0) is 27.3. The normalized spacial score (nSPS) is 12.8. The van der Waals surface area contributed by atoms with Crippen molar-refractivity contribution >= 4 is 66.2 Å². The molecular formula is C24H24N6O5S3. The number of thiophene rings is 1. The van der Waals surface area contributed by atoms with E-state index >= 15 is 0 Å². The Morgan fingerprint density at radius 2 is 1.63 bits per heavy atom. The van der Waals surface area contributed by atoms with Crippen LogP contribution in [-0.4, -0.2) is 41.2 Å². The Morgan fingerprint density at radius 3 is 2.21 bits per heavy atom. The largest absolute Gasteiger partial charge is 0.449 e. The molecule has 0 bridgehead atoms. The Labute approximate surface area is 224 Å². The van der Waals surface area contributed by atoms with E-state index in [1.165, 1.54) is 23.5 Å². The number of rotatable bonds is 9. The van der Waals surface area contributed by atoms with Crippen LogP contribution in [-0.2, 0) is 24.5 Å². The second kappa shape index (κ2) is 11.2. The van der Waals surface area contributed by atoms with Crippen LogP contribution >= 0.6 is 11.3 Å². The summed E-state index contributed by atoms with van der Waals surface area (Å²) in [6.07, 6.45) is 0.857. The van der Waals surface area contributed by atoms with Gasteiger partial charge in [0.1, 0.15) is 5.82 Å². The molecule has 4 aromatic rings. The summed E-state index contributed by atoms with van der Waals surface area (Å²) in [6, 6.07) is 16.3. The molecule has 0 saturated heterocycles. The van der Waals surface area contributed by atoms with E-state index in [4.69, 9.17) is 9.88 Å². The maximum Gasteiger partial charge on any atom is 0.418 e. The maximum atomic E-state index is 12.8. The van der Waals surface area contributed by atoms with Crippen LogP contribution in [0.3, 0.4) is 0 Å². The lowest BCUT2D eigenvalue weighted by atomic mass is 10.2. The summed E-state index contributed by atoms with van der Waals surface area (Å²) in [7, 11) is -6.90. The van der Waals surface area contributed by atoms with Crippen molar-refractivity contribution in [2.75, 3.05) is 17.2 Å². The number of amides is 1. The van der Waals surface area contributed by atoms with E-state index < -0.39 is 25.8 Å². The number of anilines is 4. The fourth-order valence-corrected chi connectivity index (χ4v) is 5.53. The van der Waals surface area contributed by atoms with Crippen molar-refractivity contribution < 1.29 is 22.2 Å². The number of sulfonamides is 1. The molecule has 0 aliphatic carbocycles. The number of nitrogens with one attached hydrogen (secondary N) is 3. The number of aromatic nitrogens is 2. The number of carbonyl (C=O) groups is 1. The van der Waals surface area contributed by atoms with Gasteiger partial charge in [-0.25, -0.2) is 32.3 Å². The van der Waals surface area contributed by atoms with Crippen molar-refractivity contribution in [3.05, 3.63) is 72.2 Å². The summed E-state index contributed by atoms with van der Waals surface area (Å²) in [4.78, 5) is 21.9. The first-order valence-corrected chi connectivity index (χ1v) is 15.2. The topological polar surface area (TPSA) is 165 Å². The minimum absolute atomic E-state index is 0.00121. The molecule has 1 atom stereocenters. The zero-order valence-electron chi connectivity index (χ0n) is 20.1. The highest BCUT2D eigenvalue weighted by Gasteiger charge is 2.15. The van der Waals surface area contributed by atoms with E-state index in [1.807, 2.05) is 17.5 Å². The van der Waals surface area contributed by atoms with Crippen LogP contribution in [0.15, 0.2) is 82.0 Å². The minimum Gasteiger partial charge on any atom is -0.449 e. The Balaban J connectivity index is 1.57. The van der Waals surface area contributed by atoms with Gasteiger partial charge in [0.2, 0.25) is 16.0 Å². The third-order valence-corrected chi connectivity index (χ3v) is 8.40. The predicted octanol–water partition coefficient (Wildman–Crippen LogP) is 4.08. The first-order valence-electron chi connectivity index (χ1n) is 11.0. The fraction of sp³-hybridized carbons (Fsp3) is 0.0833. The summed E-state index contributed by atoms with van der Waals surface area (Å²) in [5.74, 6) is 4.37. The molecule has 0 saturated carbocycles. The Morgan fingerprint density at radius 1 is 1.00 bits per heavy atom. The highest BCUT2D eigenvalue weighted by Crippen LogP contribution is 2.33. The number of hydrogen-bond acceptors (Lipinski definition) is 10. The molecule has 0 radical (unpaired) electrons. The van der Waals surface area contributed by atoms with Gasteiger partial charge in [-0.2, -0.15) is 4.98 Å². The van der Waals surface area contributed by atoms with Crippen molar-refractivity contribution in [3.8, 4) is 10.4 Å². The van der Waals surface area contributed by atoms with Crippen molar-refractivity contribution in [3.63, 3.8) is 0 Å². The van der Waals surface area contributed by atoms with Gasteiger partial charge < -0.3 is 15.4 Å². The molecule has 38 heavy (non-hydrogen) atoms. The van der Waals surface area contributed by atoms with Crippen molar-refractivity contribution in [2.24, 2.45) is 5.14 Å². The highest BCUT2D eigenvalue weighted by atomic mass is 32.2. The number of carbonyl (C=O) groups excluding carboxylic acids is 1. The number of primary sulfonamides is 1. The minimum atomic E-state index is -3.81. The van der Waals surface area contributed by atoms with Crippen molar-refractivity contribution in [2.45, 2.75) is 16.7 Å². The summed E-state index contributed by atoms with van der Waals surface area (Å²) >= 11 is 1.52. The Hall–Kier alpha value is -3.98. The van der Waals surface area contributed by atoms with E-state index in [0.29, 0.717) is 22.1 Å². The molecule has 2 aromatic heterocycles. The molecule has 0 fully saturated rings. The highest BCUT2D eigenvalue weighted by molar-refractivity contribution is 7.99. The van der Waals surface area contributed by atoms with Gasteiger partial charge in [0.15, 0.2) is 0 Å². The molecule has 11 nitrogen and oxygen atoms in total. The quantitative estimate of drug-likeness (QED) is 0.216. The molecule has 4 rings (SSSR count). The van der Waals surface area contributed by atoms with Crippen LogP contribution in [0.25, 0.3) is 10.4 Å². The van der Waals surface area contributed by atoms with Crippen LogP contribution in [0.2, 0.25) is 0 Å². The molecule has 0 aliphatic rings. The molecule has 0 spiro atoms. The third-order valence-electron chi connectivity index (χ3n) is 5.04. The zero-order valence-corrected chi connectivity index (χ0v) is 22.5. The molecule has 1 amide bonds. The summed E-state index contributed by atoms with van der Waals surface area (Å²) < 4.78 is 42.9. The van der Waals surface area contributed by atoms with Gasteiger partial charge in [-0.15, -0.1) is 11.3 Å². The second-order valence-electron chi connectivity index (χ2n) is 7.77. The standard InChI is InChI=1S/C24H24N6O5S3/c1-3-35-24(31)30-37(2,32)18-10-6-17(7-11-18)28-23-26-15-20(21-5-4-14-36-21)22(29-23)27-16-8-12-19(13-9-16)38(25,33)34/h4-15H,2-3H2,1H3,(H2,25,33,34)(H,30,31,32)(H2,26,27,28,29). The summed E-state index contributed by atoms with van der Waals surface area (Å²) in [6.45, 7) is 1.79. The number of ether oxygens (including phenoxy) is 1. The van der Waals surface area contributed by atoms with Crippen LogP contribution in [0.5, 0.6) is 0 Å². The van der Waals surface area contributed by atoms with Crippen LogP contribution < -0.4 is 20.5 Å². The number of nitrogens with zero attached hydrogens (tertiary/aromatic N) is 2. The molecule has 2 heterocycles. The summed E-state index contributed by atoms with van der Waals surface area (Å²) in [5, 5.41) is 13.4. The maximum absolute atomic E-state index is 12.8. The first kappa shape index (κ1) is 27.1. The Bertz CT molecular complexity index is 1640. The lowest BCUT2D eigenvalue weighted by Gasteiger charge is -2.14. The first-order chi connectivity index (χ1) is 18.0. The van der Waals surface area contributed by atoms with Crippen molar-refractivity contribution in [1.29, 1.82) is 0 Å². The monoisotopic (exact) mass is 572 g/mol. The molecule has 14 heteroatoms.